The first-order chi connectivity index (χ1) is 30.2. The molecule has 0 saturated heterocycles. The van der Waals surface area contributed by atoms with E-state index in [9.17, 15) is 0 Å². The number of hydrogen-bond donors (Lipinski definition) is 0. The van der Waals surface area contributed by atoms with E-state index in [0.29, 0.717) is 17.5 Å². The van der Waals surface area contributed by atoms with Crippen molar-refractivity contribution in [1.29, 1.82) is 0 Å². The molecular formula is C57H38N4. The first-order valence-electron chi connectivity index (χ1n) is 20.6. The summed E-state index contributed by atoms with van der Waals surface area (Å²) in [5.74, 6) is 1.88. The summed E-state index contributed by atoms with van der Waals surface area (Å²) in [6.07, 6.45) is 3.66. The molecule has 0 amide bonds. The van der Waals surface area contributed by atoms with Gasteiger partial charge in [-0.1, -0.05) is 200 Å². The number of hydrogen-bond acceptors (Lipinski definition) is 4. The van der Waals surface area contributed by atoms with Gasteiger partial charge in [0.25, 0.3) is 0 Å². The topological polar surface area (TPSA) is 51.6 Å². The van der Waals surface area contributed by atoms with Gasteiger partial charge in [-0.3, -0.25) is 4.98 Å². The molecule has 1 aliphatic rings. The van der Waals surface area contributed by atoms with E-state index in [4.69, 9.17) is 15.0 Å². The van der Waals surface area contributed by atoms with E-state index in [1.807, 2.05) is 42.6 Å². The van der Waals surface area contributed by atoms with Crippen LogP contribution in [0, 0.1) is 0 Å². The van der Waals surface area contributed by atoms with Crippen molar-refractivity contribution in [2.24, 2.45) is 0 Å². The third-order valence-corrected chi connectivity index (χ3v) is 11.9. The molecule has 0 unspecified atom stereocenters. The zero-order valence-electron chi connectivity index (χ0n) is 33.2. The molecule has 286 valence electrons. The number of benzene rings is 8. The Labute approximate surface area is 355 Å². The molecule has 4 heteroatoms. The molecule has 0 atom stereocenters. The predicted octanol–water partition coefficient (Wildman–Crippen LogP) is 13.6. The van der Waals surface area contributed by atoms with Crippen LogP contribution in [0.5, 0.6) is 0 Å². The smallest absolute Gasteiger partial charge is 0.164 e. The quantitative estimate of drug-likeness (QED) is 0.154. The fourth-order valence-electron chi connectivity index (χ4n) is 9.01. The Morgan fingerprint density at radius 2 is 0.705 bits per heavy atom. The fourth-order valence-corrected chi connectivity index (χ4v) is 9.01. The van der Waals surface area contributed by atoms with Crippen LogP contribution >= 0.6 is 0 Å². The second-order valence-corrected chi connectivity index (χ2v) is 15.4. The minimum Gasteiger partial charge on any atom is -0.264 e. The lowest BCUT2D eigenvalue weighted by Crippen LogP contribution is -2.28. The highest BCUT2D eigenvalue weighted by Crippen LogP contribution is 2.56. The summed E-state index contributed by atoms with van der Waals surface area (Å²) in [5, 5.41) is 0. The van der Waals surface area contributed by atoms with Crippen molar-refractivity contribution in [1.82, 2.24) is 19.9 Å². The Morgan fingerprint density at radius 3 is 1.30 bits per heavy atom. The maximum absolute atomic E-state index is 5.02. The normalized spacial score (nSPS) is 12.4. The summed E-state index contributed by atoms with van der Waals surface area (Å²) in [6, 6.07) is 77.7. The fraction of sp³-hybridized carbons (Fsp3) is 0.0175. The van der Waals surface area contributed by atoms with Gasteiger partial charge in [-0.2, -0.15) is 0 Å². The first-order valence-corrected chi connectivity index (χ1v) is 20.6. The largest absolute Gasteiger partial charge is 0.264 e. The highest BCUT2D eigenvalue weighted by molar-refractivity contribution is 5.89. The van der Waals surface area contributed by atoms with Crippen LogP contribution < -0.4 is 0 Å². The van der Waals surface area contributed by atoms with E-state index >= 15 is 0 Å². The van der Waals surface area contributed by atoms with Gasteiger partial charge in [0, 0.05) is 29.1 Å². The second kappa shape index (κ2) is 15.3. The average molecular weight is 779 g/mol. The van der Waals surface area contributed by atoms with Crippen molar-refractivity contribution in [3.05, 3.63) is 253 Å². The maximum Gasteiger partial charge on any atom is 0.164 e. The average Bonchev–Trinajstić information content (AvgIpc) is 3.65. The molecular weight excluding hydrogens is 741 g/mol. The Hall–Kier alpha value is -8.08. The lowest BCUT2D eigenvalue weighted by molar-refractivity contribution is 0.769. The number of fused-ring (bicyclic) bond motifs is 3. The summed E-state index contributed by atoms with van der Waals surface area (Å²) >= 11 is 0. The number of nitrogens with zero attached hydrogens (tertiary/aromatic N) is 4. The van der Waals surface area contributed by atoms with Crippen LogP contribution in [0.3, 0.4) is 0 Å². The van der Waals surface area contributed by atoms with E-state index in [0.717, 1.165) is 38.9 Å². The summed E-state index contributed by atoms with van der Waals surface area (Å²) in [6.45, 7) is 0. The Bertz CT molecular complexity index is 3110. The van der Waals surface area contributed by atoms with Crippen LogP contribution in [-0.2, 0) is 5.41 Å². The molecule has 2 aromatic heterocycles. The predicted molar refractivity (Wildman–Crippen MR) is 248 cm³/mol. The third kappa shape index (κ3) is 6.42. The molecule has 8 aromatic carbocycles. The number of rotatable bonds is 8. The zero-order chi connectivity index (χ0) is 40.6. The molecule has 2 heterocycles. The summed E-state index contributed by atoms with van der Waals surface area (Å²) in [7, 11) is 0. The van der Waals surface area contributed by atoms with Crippen molar-refractivity contribution in [2.45, 2.75) is 5.41 Å². The molecule has 10 aromatic rings. The van der Waals surface area contributed by atoms with Crippen molar-refractivity contribution < 1.29 is 0 Å². The lowest BCUT2D eigenvalue weighted by atomic mass is 9.67. The van der Waals surface area contributed by atoms with Gasteiger partial charge in [0.15, 0.2) is 17.5 Å². The first kappa shape index (κ1) is 36.0. The van der Waals surface area contributed by atoms with Crippen molar-refractivity contribution in [2.75, 3.05) is 0 Å². The van der Waals surface area contributed by atoms with E-state index < -0.39 is 5.41 Å². The van der Waals surface area contributed by atoms with Crippen LogP contribution in [-0.4, -0.2) is 19.9 Å². The molecule has 0 spiro atoms. The minimum absolute atomic E-state index is 0.448. The van der Waals surface area contributed by atoms with Crippen LogP contribution in [0.25, 0.3) is 78.7 Å². The molecule has 0 bridgehead atoms. The van der Waals surface area contributed by atoms with Crippen molar-refractivity contribution in [3.8, 4) is 78.7 Å². The van der Waals surface area contributed by atoms with E-state index in [-0.39, 0.29) is 0 Å². The molecule has 0 radical (unpaired) electrons. The molecule has 1 aliphatic carbocycles. The Balaban J connectivity index is 0.955. The van der Waals surface area contributed by atoms with Gasteiger partial charge < -0.3 is 0 Å². The van der Waals surface area contributed by atoms with E-state index in [1.165, 1.54) is 44.5 Å². The van der Waals surface area contributed by atoms with Gasteiger partial charge in [0.2, 0.25) is 0 Å². The maximum atomic E-state index is 5.02. The monoisotopic (exact) mass is 778 g/mol. The molecule has 0 fully saturated rings. The molecule has 0 N–H and O–H groups in total. The highest BCUT2D eigenvalue weighted by atomic mass is 15.0. The van der Waals surface area contributed by atoms with Crippen molar-refractivity contribution in [3.63, 3.8) is 0 Å². The SMILES string of the molecule is c1ccc(-c2nc(-c3ccc(-c4cccnc4)cc3)nc(-c3ccc(-c4cccc(-c5ccc6c(c5)C(c5ccccc5)(c5ccccc5)c5ccccc5-6)c4)cc3)n2)cc1. The van der Waals surface area contributed by atoms with Crippen LogP contribution in [0.1, 0.15) is 22.3 Å². The van der Waals surface area contributed by atoms with Crippen molar-refractivity contribution >= 4 is 0 Å². The molecule has 61 heavy (non-hydrogen) atoms. The Morgan fingerprint density at radius 1 is 0.279 bits per heavy atom. The zero-order valence-corrected chi connectivity index (χ0v) is 33.2. The van der Waals surface area contributed by atoms with Crippen LogP contribution in [0.2, 0.25) is 0 Å². The van der Waals surface area contributed by atoms with Gasteiger partial charge in [-0.25, -0.2) is 15.0 Å². The standard InChI is InChI=1S/C57H38N4/c1-4-14-41(15-5-1)54-59-55(61-56(60-54)43-31-27-40(28-32-43)47-18-13-35-58-38-47)42-29-25-39(26-30-42)44-16-12-17-45(36-44)46-33-34-51-50-23-10-11-24-52(50)57(53(51)37-46,48-19-6-2-7-20-48)49-21-8-3-9-22-49/h1-38H. The van der Waals surface area contributed by atoms with E-state index in [1.54, 1.807) is 6.20 Å². The van der Waals surface area contributed by atoms with E-state index in [2.05, 4.69) is 187 Å². The number of pyridine rings is 1. The Kier molecular flexibility index (Phi) is 9.02. The van der Waals surface area contributed by atoms with Crippen LogP contribution in [0.15, 0.2) is 231 Å². The third-order valence-electron chi connectivity index (χ3n) is 11.9. The van der Waals surface area contributed by atoms with Gasteiger partial charge in [0.1, 0.15) is 0 Å². The molecule has 0 saturated carbocycles. The lowest BCUT2D eigenvalue weighted by Gasteiger charge is -2.34. The van der Waals surface area contributed by atoms with Crippen LogP contribution in [0.4, 0.5) is 0 Å². The van der Waals surface area contributed by atoms with Gasteiger partial charge >= 0.3 is 0 Å². The number of aromatic nitrogens is 4. The minimum atomic E-state index is -0.448. The molecule has 0 aliphatic heterocycles. The van der Waals surface area contributed by atoms with Gasteiger partial charge in [-0.05, 0) is 85.0 Å². The summed E-state index contributed by atoms with van der Waals surface area (Å²) < 4.78 is 0. The highest BCUT2D eigenvalue weighted by Gasteiger charge is 2.46. The van der Waals surface area contributed by atoms with Gasteiger partial charge in [0.05, 0.1) is 5.41 Å². The molecule has 11 rings (SSSR count). The molecule has 4 nitrogen and oxygen atoms in total. The summed E-state index contributed by atoms with van der Waals surface area (Å²) in [5.41, 5.74) is 16.8. The second-order valence-electron chi connectivity index (χ2n) is 15.4. The van der Waals surface area contributed by atoms with Gasteiger partial charge in [-0.15, -0.1) is 0 Å². The summed E-state index contributed by atoms with van der Waals surface area (Å²) in [4.78, 5) is 19.2.